The average molecular weight is 281 g/mol. The Bertz CT molecular complexity index is 351. The lowest BCUT2D eigenvalue weighted by molar-refractivity contribution is -0.137. The van der Waals surface area contributed by atoms with E-state index in [1.54, 1.807) is 0 Å². The number of carbonyl (C=O) groups excluding carboxylic acids is 2. The molecule has 2 heterocycles. The van der Waals surface area contributed by atoms with Crippen molar-refractivity contribution in [3.05, 3.63) is 0 Å². The highest BCUT2D eigenvalue weighted by Crippen LogP contribution is 2.21. The van der Waals surface area contributed by atoms with Crippen molar-refractivity contribution < 1.29 is 9.59 Å². The van der Waals surface area contributed by atoms with Gasteiger partial charge in [-0.25, -0.2) is 0 Å². The zero-order valence-corrected chi connectivity index (χ0v) is 12.8. The zero-order valence-electron chi connectivity index (χ0n) is 12.8. The molecule has 2 aliphatic heterocycles. The predicted molar refractivity (Wildman–Crippen MR) is 78.3 cm³/mol. The van der Waals surface area contributed by atoms with E-state index in [-0.39, 0.29) is 17.7 Å². The van der Waals surface area contributed by atoms with Gasteiger partial charge in [-0.05, 0) is 13.0 Å². The highest BCUT2D eigenvalue weighted by molar-refractivity contribution is 5.89. The van der Waals surface area contributed by atoms with E-state index in [2.05, 4.69) is 18.7 Å². The Kier molecular flexibility index (Phi) is 5.40. The maximum atomic E-state index is 12.5. The second-order valence-electron chi connectivity index (χ2n) is 5.85. The molecule has 0 saturated carbocycles. The Morgan fingerprint density at radius 2 is 1.90 bits per heavy atom. The smallest absolute Gasteiger partial charge is 0.228 e. The molecular weight excluding hydrogens is 254 g/mol. The van der Waals surface area contributed by atoms with Crippen molar-refractivity contribution in [2.45, 2.75) is 33.1 Å². The van der Waals surface area contributed by atoms with Crippen molar-refractivity contribution in [1.29, 1.82) is 0 Å². The summed E-state index contributed by atoms with van der Waals surface area (Å²) >= 11 is 0. The number of piperazine rings is 1. The maximum absolute atomic E-state index is 12.5. The fraction of sp³-hybridized carbons (Fsp3) is 0.867. The fourth-order valence-electron chi connectivity index (χ4n) is 3.05. The number of carbonyl (C=O) groups is 2. The number of unbranched alkanes of at least 4 members (excludes halogenated alkanes) is 1. The van der Waals surface area contributed by atoms with Gasteiger partial charge in [0, 0.05) is 45.7 Å². The first-order valence-corrected chi connectivity index (χ1v) is 7.94. The van der Waals surface area contributed by atoms with E-state index in [1.807, 2.05) is 9.80 Å². The summed E-state index contributed by atoms with van der Waals surface area (Å²) in [4.78, 5) is 30.6. The molecule has 2 rings (SSSR count). The second-order valence-corrected chi connectivity index (χ2v) is 5.85. The molecule has 2 saturated heterocycles. The normalized spacial score (nSPS) is 24.5. The van der Waals surface area contributed by atoms with Crippen molar-refractivity contribution in [3.8, 4) is 0 Å². The van der Waals surface area contributed by atoms with Crippen molar-refractivity contribution in [2.24, 2.45) is 5.92 Å². The number of amides is 2. The van der Waals surface area contributed by atoms with Gasteiger partial charge in [-0.1, -0.05) is 20.3 Å². The number of hydrogen-bond donors (Lipinski definition) is 0. The summed E-state index contributed by atoms with van der Waals surface area (Å²) in [5.41, 5.74) is 0. The predicted octanol–water partition coefficient (Wildman–Crippen LogP) is 0.799. The second kappa shape index (κ2) is 7.07. The van der Waals surface area contributed by atoms with Crippen LogP contribution in [0.1, 0.15) is 33.1 Å². The lowest BCUT2D eigenvalue weighted by atomic mass is 10.1. The first-order chi connectivity index (χ1) is 9.65. The fourth-order valence-corrected chi connectivity index (χ4v) is 3.05. The Labute approximate surface area is 121 Å². The maximum Gasteiger partial charge on any atom is 0.228 e. The third-order valence-electron chi connectivity index (χ3n) is 4.48. The van der Waals surface area contributed by atoms with Gasteiger partial charge >= 0.3 is 0 Å². The average Bonchev–Trinajstić information content (AvgIpc) is 2.85. The third kappa shape index (κ3) is 3.51. The molecule has 2 amide bonds. The van der Waals surface area contributed by atoms with E-state index >= 15 is 0 Å². The zero-order chi connectivity index (χ0) is 14.5. The van der Waals surface area contributed by atoms with Crippen LogP contribution in [-0.4, -0.2) is 72.3 Å². The monoisotopic (exact) mass is 281 g/mol. The Morgan fingerprint density at radius 1 is 1.20 bits per heavy atom. The number of nitrogens with zero attached hydrogens (tertiary/aromatic N) is 3. The molecule has 0 unspecified atom stereocenters. The molecule has 0 bridgehead atoms. The molecule has 0 N–H and O–H groups in total. The van der Waals surface area contributed by atoms with Crippen molar-refractivity contribution in [1.82, 2.24) is 14.7 Å². The first-order valence-electron chi connectivity index (χ1n) is 7.94. The Hall–Kier alpha value is -1.10. The lowest BCUT2D eigenvalue weighted by Crippen LogP contribution is -2.50. The number of hydrogen-bond acceptors (Lipinski definition) is 3. The molecule has 2 fully saturated rings. The molecule has 20 heavy (non-hydrogen) atoms. The molecule has 1 atom stereocenters. The molecule has 0 aromatic heterocycles. The van der Waals surface area contributed by atoms with Crippen LogP contribution >= 0.6 is 0 Å². The third-order valence-corrected chi connectivity index (χ3v) is 4.48. The van der Waals surface area contributed by atoms with Crippen LogP contribution in [0.25, 0.3) is 0 Å². The quantitative estimate of drug-likeness (QED) is 0.749. The molecule has 0 aliphatic carbocycles. The largest absolute Gasteiger partial charge is 0.342 e. The molecular formula is C15H27N3O2. The Morgan fingerprint density at radius 3 is 2.50 bits per heavy atom. The van der Waals surface area contributed by atoms with Crippen LogP contribution < -0.4 is 0 Å². The van der Waals surface area contributed by atoms with Gasteiger partial charge < -0.3 is 14.7 Å². The van der Waals surface area contributed by atoms with Crippen molar-refractivity contribution >= 4 is 11.8 Å². The molecule has 0 spiro atoms. The van der Waals surface area contributed by atoms with E-state index in [1.165, 1.54) is 0 Å². The van der Waals surface area contributed by atoms with Crippen LogP contribution in [0.5, 0.6) is 0 Å². The summed E-state index contributed by atoms with van der Waals surface area (Å²) in [6.07, 6.45) is 2.53. The summed E-state index contributed by atoms with van der Waals surface area (Å²) in [6.45, 7) is 10.3. The van der Waals surface area contributed by atoms with Crippen LogP contribution in [0.15, 0.2) is 0 Å². The van der Waals surface area contributed by atoms with Gasteiger partial charge in [0.2, 0.25) is 11.8 Å². The number of rotatable bonds is 5. The molecule has 0 aromatic carbocycles. The number of likely N-dealkylation sites (tertiary alicyclic amines) is 1. The topological polar surface area (TPSA) is 43.9 Å². The molecule has 0 radical (unpaired) electrons. The van der Waals surface area contributed by atoms with Gasteiger partial charge in [-0.2, -0.15) is 0 Å². The van der Waals surface area contributed by atoms with Gasteiger partial charge in [0.15, 0.2) is 0 Å². The van der Waals surface area contributed by atoms with Crippen molar-refractivity contribution in [3.63, 3.8) is 0 Å². The van der Waals surface area contributed by atoms with Crippen LogP contribution in [0.2, 0.25) is 0 Å². The van der Waals surface area contributed by atoms with E-state index in [0.29, 0.717) is 13.0 Å². The molecule has 0 aromatic rings. The van der Waals surface area contributed by atoms with E-state index < -0.39 is 0 Å². The van der Waals surface area contributed by atoms with Gasteiger partial charge in [0.05, 0.1) is 5.92 Å². The Balaban J connectivity index is 1.83. The van der Waals surface area contributed by atoms with Gasteiger partial charge in [0.1, 0.15) is 0 Å². The van der Waals surface area contributed by atoms with E-state index in [4.69, 9.17) is 0 Å². The summed E-state index contributed by atoms with van der Waals surface area (Å²) in [5.74, 6) is 0.240. The molecule has 5 nitrogen and oxygen atoms in total. The summed E-state index contributed by atoms with van der Waals surface area (Å²) in [6, 6.07) is 0. The minimum absolute atomic E-state index is 0.104. The summed E-state index contributed by atoms with van der Waals surface area (Å²) < 4.78 is 0. The molecule has 2 aliphatic rings. The standard InChI is InChI=1S/C15H27N3O2/c1-3-5-6-18-12-13(11-14(18)19)15(20)17-9-7-16(4-2)8-10-17/h13H,3-12H2,1-2H3/t13-/m0/s1. The summed E-state index contributed by atoms with van der Waals surface area (Å²) in [7, 11) is 0. The van der Waals surface area contributed by atoms with Crippen LogP contribution in [0.4, 0.5) is 0 Å². The lowest BCUT2D eigenvalue weighted by Gasteiger charge is -2.35. The van der Waals surface area contributed by atoms with Crippen molar-refractivity contribution in [2.75, 3.05) is 45.8 Å². The van der Waals surface area contributed by atoms with Crippen LogP contribution in [-0.2, 0) is 9.59 Å². The van der Waals surface area contributed by atoms with Crippen LogP contribution in [0.3, 0.4) is 0 Å². The molecule has 5 heteroatoms. The van der Waals surface area contributed by atoms with Gasteiger partial charge in [-0.15, -0.1) is 0 Å². The van der Waals surface area contributed by atoms with Gasteiger partial charge in [-0.3, -0.25) is 9.59 Å². The minimum Gasteiger partial charge on any atom is -0.342 e. The number of likely N-dealkylation sites (N-methyl/N-ethyl adjacent to an activating group) is 1. The highest BCUT2D eigenvalue weighted by Gasteiger charge is 2.36. The minimum atomic E-state index is -0.104. The first kappa shape index (κ1) is 15.3. The molecule has 114 valence electrons. The summed E-state index contributed by atoms with van der Waals surface area (Å²) in [5, 5.41) is 0. The van der Waals surface area contributed by atoms with E-state index in [0.717, 1.165) is 52.1 Å². The highest BCUT2D eigenvalue weighted by atomic mass is 16.2. The van der Waals surface area contributed by atoms with E-state index in [9.17, 15) is 9.59 Å². The SMILES string of the molecule is CCCCN1C[C@@H](C(=O)N2CCN(CC)CC2)CC1=O. The van der Waals surface area contributed by atoms with Crippen LogP contribution in [0, 0.1) is 5.92 Å². The van der Waals surface area contributed by atoms with Gasteiger partial charge in [0.25, 0.3) is 0 Å².